The number of hydrogen-bond acceptors (Lipinski definition) is 6. The largest absolute Gasteiger partial charge is 0.394 e. The molecule has 1 aromatic rings. The Morgan fingerprint density at radius 1 is 1.65 bits per heavy atom. The number of carbonyl (C=O) groups excluding carboxylic acids is 1. The second-order valence-electron chi connectivity index (χ2n) is 4.63. The summed E-state index contributed by atoms with van der Waals surface area (Å²) in [5.41, 5.74) is 2.51. The summed E-state index contributed by atoms with van der Waals surface area (Å²) < 4.78 is 5.50. The van der Waals surface area contributed by atoms with Crippen molar-refractivity contribution in [2.24, 2.45) is 5.84 Å². The molecule has 1 saturated heterocycles. The second kappa shape index (κ2) is 6.36. The van der Waals surface area contributed by atoms with E-state index in [9.17, 15) is 9.90 Å². The van der Waals surface area contributed by atoms with Crippen LogP contribution in [0, 0.1) is 0 Å². The molecule has 8 heteroatoms. The molecule has 1 aromatic heterocycles. The molecule has 2 heterocycles. The molecule has 7 nitrogen and oxygen atoms in total. The normalized spacial score (nSPS) is 22.7. The summed E-state index contributed by atoms with van der Waals surface area (Å²) in [6, 6.07) is 3.14. The molecule has 1 amide bonds. The van der Waals surface area contributed by atoms with E-state index in [1.807, 2.05) is 6.92 Å². The van der Waals surface area contributed by atoms with Gasteiger partial charge in [-0.2, -0.15) is 0 Å². The third kappa shape index (κ3) is 3.18. The third-order valence-electron chi connectivity index (χ3n) is 3.01. The lowest BCUT2D eigenvalue weighted by Gasteiger charge is -2.36. The molecular weight excluding hydrogens is 284 g/mol. The van der Waals surface area contributed by atoms with Crippen LogP contribution in [0.2, 0.25) is 5.02 Å². The van der Waals surface area contributed by atoms with Crippen LogP contribution in [-0.4, -0.2) is 52.8 Å². The number of nitrogen functional groups attached to an aromatic ring is 1. The average Bonchev–Trinajstić information content (AvgIpc) is 2.46. The number of aliphatic hydroxyl groups is 1. The monoisotopic (exact) mass is 300 g/mol. The number of morpholine rings is 1. The van der Waals surface area contributed by atoms with Gasteiger partial charge in [0.05, 0.1) is 23.8 Å². The Morgan fingerprint density at radius 3 is 3.05 bits per heavy atom. The molecule has 0 aliphatic carbocycles. The lowest BCUT2D eigenvalue weighted by molar-refractivity contribution is -0.0859. The summed E-state index contributed by atoms with van der Waals surface area (Å²) in [4.78, 5) is 18.1. The number of ether oxygens (including phenoxy) is 1. The van der Waals surface area contributed by atoms with E-state index >= 15 is 0 Å². The molecule has 20 heavy (non-hydrogen) atoms. The van der Waals surface area contributed by atoms with E-state index in [0.717, 1.165) is 0 Å². The van der Waals surface area contributed by atoms with Gasteiger partial charge < -0.3 is 20.2 Å². The molecule has 0 radical (unpaired) electrons. The van der Waals surface area contributed by atoms with Gasteiger partial charge in [-0.3, -0.25) is 4.79 Å². The van der Waals surface area contributed by atoms with Crippen LogP contribution < -0.4 is 11.3 Å². The van der Waals surface area contributed by atoms with Crippen molar-refractivity contribution in [1.29, 1.82) is 0 Å². The van der Waals surface area contributed by atoms with E-state index < -0.39 is 6.10 Å². The minimum absolute atomic E-state index is 0.132. The molecule has 0 spiro atoms. The Hall–Kier alpha value is -1.41. The van der Waals surface area contributed by atoms with Crippen LogP contribution in [0.15, 0.2) is 12.1 Å². The topological polar surface area (TPSA) is 101 Å². The minimum Gasteiger partial charge on any atom is -0.394 e. The van der Waals surface area contributed by atoms with Crippen molar-refractivity contribution in [3.05, 3.63) is 22.8 Å². The number of hydrazine groups is 1. The lowest BCUT2D eigenvalue weighted by Crippen LogP contribution is -2.50. The fourth-order valence-corrected chi connectivity index (χ4v) is 2.32. The number of halogens is 1. The second-order valence-corrected chi connectivity index (χ2v) is 5.04. The molecule has 1 fully saturated rings. The SMILES string of the molecule is CC1CN(C(=O)c2nc(NN)ccc2Cl)CC(CO)O1. The number of rotatable bonds is 3. The predicted octanol–water partition coefficient (Wildman–Crippen LogP) is 0.242. The summed E-state index contributed by atoms with van der Waals surface area (Å²) in [6.07, 6.45) is -0.545. The molecule has 2 atom stereocenters. The Bertz CT molecular complexity index is 500. The molecular formula is C12H17ClN4O3. The van der Waals surface area contributed by atoms with E-state index in [-0.39, 0.29) is 29.3 Å². The highest BCUT2D eigenvalue weighted by atomic mass is 35.5. The van der Waals surface area contributed by atoms with Gasteiger partial charge in [0.15, 0.2) is 0 Å². The summed E-state index contributed by atoms with van der Waals surface area (Å²) in [7, 11) is 0. The van der Waals surface area contributed by atoms with E-state index in [1.165, 1.54) is 0 Å². The van der Waals surface area contributed by atoms with Crippen LogP contribution in [0.5, 0.6) is 0 Å². The lowest BCUT2D eigenvalue weighted by atomic mass is 10.2. The Balaban J connectivity index is 2.22. The number of nitrogens with one attached hydrogen (secondary N) is 1. The van der Waals surface area contributed by atoms with Crippen molar-refractivity contribution in [1.82, 2.24) is 9.88 Å². The molecule has 0 bridgehead atoms. The van der Waals surface area contributed by atoms with Gasteiger partial charge in [0.25, 0.3) is 5.91 Å². The number of nitrogens with two attached hydrogens (primary N) is 1. The van der Waals surface area contributed by atoms with Crippen molar-refractivity contribution >= 4 is 23.3 Å². The molecule has 110 valence electrons. The van der Waals surface area contributed by atoms with E-state index in [1.54, 1.807) is 17.0 Å². The van der Waals surface area contributed by atoms with Crippen molar-refractivity contribution in [2.45, 2.75) is 19.1 Å². The van der Waals surface area contributed by atoms with Gasteiger partial charge in [0, 0.05) is 13.1 Å². The van der Waals surface area contributed by atoms with Crippen LogP contribution >= 0.6 is 11.6 Å². The van der Waals surface area contributed by atoms with Gasteiger partial charge >= 0.3 is 0 Å². The van der Waals surface area contributed by atoms with Crippen LogP contribution in [0.1, 0.15) is 17.4 Å². The average molecular weight is 301 g/mol. The number of amides is 1. The zero-order valence-corrected chi connectivity index (χ0v) is 11.8. The van der Waals surface area contributed by atoms with E-state index in [2.05, 4.69) is 10.4 Å². The van der Waals surface area contributed by atoms with Crippen LogP contribution in [0.3, 0.4) is 0 Å². The van der Waals surface area contributed by atoms with Gasteiger partial charge in [-0.05, 0) is 19.1 Å². The maximum Gasteiger partial charge on any atom is 0.274 e. The smallest absolute Gasteiger partial charge is 0.274 e. The number of pyridine rings is 1. The molecule has 1 aliphatic rings. The molecule has 2 rings (SSSR count). The third-order valence-corrected chi connectivity index (χ3v) is 3.32. The van der Waals surface area contributed by atoms with Gasteiger partial charge in [-0.25, -0.2) is 10.8 Å². The maximum absolute atomic E-state index is 12.5. The summed E-state index contributed by atoms with van der Waals surface area (Å²) >= 11 is 6.01. The zero-order chi connectivity index (χ0) is 14.7. The van der Waals surface area contributed by atoms with Gasteiger partial charge in [0.2, 0.25) is 0 Å². The van der Waals surface area contributed by atoms with Crippen molar-refractivity contribution in [3.63, 3.8) is 0 Å². The highest BCUT2D eigenvalue weighted by Crippen LogP contribution is 2.20. The number of hydrogen-bond donors (Lipinski definition) is 3. The highest BCUT2D eigenvalue weighted by molar-refractivity contribution is 6.33. The first-order chi connectivity index (χ1) is 9.55. The number of carbonyl (C=O) groups is 1. The van der Waals surface area contributed by atoms with Crippen molar-refractivity contribution < 1.29 is 14.6 Å². The van der Waals surface area contributed by atoms with Crippen molar-refractivity contribution in [2.75, 3.05) is 25.1 Å². The minimum atomic E-state index is -0.391. The van der Waals surface area contributed by atoms with Gasteiger partial charge in [-0.1, -0.05) is 11.6 Å². The first kappa shape index (κ1) is 15.0. The Kier molecular flexibility index (Phi) is 4.77. The van der Waals surface area contributed by atoms with Gasteiger partial charge in [0.1, 0.15) is 11.5 Å². The first-order valence-electron chi connectivity index (χ1n) is 6.24. The van der Waals surface area contributed by atoms with Crippen LogP contribution in [0.25, 0.3) is 0 Å². The maximum atomic E-state index is 12.5. The number of aromatic nitrogens is 1. The number of aliphatic hydroxyl groups excluding tert-OH is 1. The van der Waals surface area contributed by atoms with Crippen LogP contribution in [0.4, 0.5) is 5.82 Å². The zero-order valence-electron chi connectivity index (χ0n) is 11.0. The summed E-state index contributed by atoms with van der Waals surface area (Å²) in [6.45, 7) is 2.43. The summed E-state index contributed by atoms with van der Waals surface area (Å²) in [5, 5.41) is 9.44. The first-order valence-corrected chi connectivity index (χ1v) is 6.61. The molecule has 4 N–H and O–H groups in total. The van der Waals surface area contributed by atoms with Crippen LogP contribution in [-0.2, 0) is 4.74 Å². The quantitative estimate of drug-likeness (QED) is 0.546. The standard InChI is InChI=1S/C12H17ClN4O3/c1-7-4-17(5-8(6-18)20-7)12(19)11-9(13)2-3-10(15-11)16-14/h2-3,7-8,18H,4-6,14H2,1H3,(H,15,16). The Morgan fingerprint density at radius 2 is 2.40 bits per heavy atom. The summed E-state index contributed by atoms with van der Waals surface area (Å²) in [5.74, 6) is 5.33. The molecule has 0 aromatic carbocycles. The van der Waals surface area contributed by atoms with E-state index in [4.69, 9.17) is 22.2 Å². The van der Waals surface area contributed by atoms with Crippen molar-refractivity contribution in [3.8, 4) is 0 Å². The molecule has 2 unspecified atom stereocenters. The number of anilines is 1. The fraction of sp³-hybridized carbons (Fsp3) is 0.500. The molecule has 0 saturated carbocycles. The van der Waals surface area contributed by atoms with E-state index in [0.29, 0.717) is 18.9 Å². The highest BCUT2D eigenvalue weighted by Gasteiger charge is 2.30. The fourth-order valence-electron chi connectivity index (χ4n) is 2.13. The predicted molar refractivity (Wildman–Crippen MR) is 74.4 cm³/mol. The van der Waals surface area contributed by atoms with Gasteiger partial charge in [-0.15, -0.1) is 0 Å². The molecule has 1 aliphatic heterocycles. The number of nitrogens with zero attached hydrogens (tertiary/aromatic N) is 2. The Labute approximate surface area is 121 Å².